The first-order valence-corrected chi connectivity index (χ1v) is 7.67. The summed E-state index contributed by atoms with van der Waals surface area (Å²) in [7, 11) is 3.41. The van der Waals surface area contributed by atoms with Crippen molar-refractivity contribution in [2.45, 2.75) is 12.8 Å². The maximum absolute atomic E-state index is 6.13. The van der Waals surface area contributed by atoms with Gasteiger partial charge < -0.3 is 19.5 Å². The zero-order chi connectivity index (χ0) is 15.1. The fourth-order valence-corrected chi connectivity index (χ4v) is 3.00. The van der Waals surface area contributed by atoms with E-state index in [1.165, 1.54) is 0 Å². The minimum Gasteiger partial charge on any atom is -0.496 e. The number of hydrogen-bond acceptors (Lipinski definition) is 4. The number of hydrogen-bond donors (Lipinski definition) is 1. The Bertz CT molecular complexity index is 447. The SMILES string of the molecule is COCCNCC1(Cc2cc(Cl)ccc2OC)CCOC1. The van der Waals surface area contributed by atoms with Crippen LogP contribution < -0.4 is 10.1 Å². The molecule has 1 N–H and O–H groups in total. The molecular weight excluding hydrogens is 290 g/mol. The Labute approximate surface area is 131 Å². The molecule has 1 saturated heterocycles. The highest BCUT2D eigenvalue weighted by Gasteiger charge is 2.35. The van der Waals surface area contributed by atoms with E-state index in [2.05, 4.69) is 5.32 Å². The normalized spacial score (nSPS) is 21.7. The second-order valence-corrected chi connectivity index (χ2v) is 6.04. The van der Waals surface area contributed by atoms with Crippen LogP contribution in [0.2, 0.25) is 5.02 Å². The van der Waals surface area contributed by atoms with E-state index in [-0.39, 0.29) is 5.41 Å². The number of halogens is 1. The van der Waals surface area contributed by atoms with E-state index in [4.69, 9.17) is 25.8 Å². The summed E-state index contributed by atoms with van der Waals surface area (Å²) < 4.78 is 16.2. The van der Waals surface area contributed by atoms with Crippen molar-refractivity contribution in [2.24, 2.45) is 5.41 Å². The Kier molecular flexibility index (Phi) is 6.30. The molecule has 21 heavy (non-hydrogen) atoms. The van der Waals surface area contributed by atoms with Crippen LogP contribution in [0.1, 0.15) is 12.0 Å². The summed E-state index contributed by atoms with van der Waals surface area (Å²) in [4.78, 5) is 0. The molecule has 118 valence electrons. The topological polar surface area (TPSA) is 39.7 Å². The summed E-state index contributed by atoms with van der Waals surface area (Å²) in [6, 6.07) is 5.79. The van der Waals surface area contributed by atoms with Gasteiger partial charge >= 0.3 is 0 Å². The fourth-order valence-electron chi connectivity index (χ4n) is 2.81. The monoisotopic (exact) mass is 313 g/mol. The molecule has 0 radical (unpaired) electrons. The van der Waals surface area contributed by atoms with Gasteiger partial charge in [0.05, 0.1) is 20.3 Å². The molecule has 1 aromatic carbocycles. The lowest BCUT2D eigenvalue weighted by Crippen LogP contribution is -2.38. The predicted octanol–water partition coefficient (Wildman–Crippen LogP) is 2.53. The van der Waals surface area contributed by atoms with Gasteiger partial charge in [0.15, 0.2) is 0 Å². The molecular formula is C16H24ClNO3. The van der Waals surface area contributed by atoms with Crippen molar-refractivity contribution in [3.63, 3.8) is 0 Å². The first kappa shape index (κ1) is 16.6. The Balaban J connectivity index is 2.07. The predicted molar refractivity (Wildman–Crippen MR) is 84.3 cm³/mol. The lowest BCUT2D eigenvalue weighted by atomic mass is 9.80. The number of methoxy groups -OCH3 is 2. The maximum Gasteiger partial charge on any atom is 0.122 e. The van der Waals surface area contributed by atoms with E-state index in [1.807, 2.05) is 18.2 Å². The third-order valence-electron chi connectivity index (χ3n) is 3.98. The highest BCUT2D eigenvalue weighted by molar-refractivity contribution is 6.30. The second kappa shape index (κ2) is 7.99. The van der Waals surface area contributed by atoms with Crippen molar-refractivity contribution < 1.29 is 14.2 Å². The lowest BCUT2D eigenvalue weighted by molar-refractivity contribution is 0.144. The standard InChI is InChI=1S/C16H24ClNO3/c1-19-8-6-18-11-16(5-7-21-12-16)10-13-9-14(17)3-4-15(13)20-2/h3-4,9,18H,5-8,10-12H2,1-2H3. The van der Waals surface area contributed by atoms with Gasteiger partial charge in [-0.25, -0.2) is 0 Å². The average Bonchev–Trinajstić information content (AvgIpc) is 2.93. The first-order valence-electron chi connectivity index (χ1n) is 7.29. The number of nitrogens with one attached hydrogen (secondary N) is 1. The molecule has 0 aromatic heterocycles. The number of rotatable bonds is 8. The quantitative estimate of drug-likeness (QED) is 0.749. The van der Waals surface area contributed by atoms with E-state index in [1.54, 1.807) is 14.2 Å². The molecule has 1 aliphatic rings. The van der Waals surface area contributed by atoms with Crippen LogP contribution in [0.4, 0.5) is 0 Å². The van der Waals surface area contributed by atoms with Crippen LogP contribution in [0.15, 0.2) is 18.2 Å². The van der Waals surface area contributed by atoms with E-state index in [0.717, 1.165) is 62.1 Å². The lowest BCUT2D eigenvalue weighted by Gasteiger charge is -2.28. The molecule has 1 aliphatic heterocycles. The Morgan fingerprint density at radius 3 is 2.90 bits per heavy atom. The summed E-state index contributed by atoms with van der Waals surface area (Å²) in [5.41, 5.74) is 1.25. The molecule has 1 atom stereocenters. The summed E-state index contributed by atoms with van der Waals surface area (Å²) in [5, 5.41) is 4.21. The van der Waals surface area contributed by atoms with Gasteiger partial charge in [-0.05, 0) is 36.6 Å². The molecule has 0 aliphatic carbocycles. The smallest absolute Gasteiger partial charge is 0.122 e. The minimum absolute atomic E-state index is 0.103. The van der Waals surface area contributed by atoms with Gasteiger partial charge in [-0.2, -0.15) is 0 Å². The van der Waals surface area contributed by atoms with E-state index < -0.39 is 0 Å². The minimum atomic E-state index is 0.103. The first-order chi connectivity index (χ1) is 10.2. The van der Waals surface area contributed by atoms with E-state index >= 15 is 0 Å². The van der Waals surface area contributed by atoms with Crippen molar-refractivity contribution in [2.75, 3.05) is 47.1 Å². The van der Waals surface area contributed by atoms with Crippen molar-refractivity contribution in [1.29, 1.82) is 0 Å². The van der Waals surface area contributed by atoms with Gasteiger partial charge in [-0.1, -0.05) is 11.6 Å². The Morgan fingerprint density at radius 1 is 1.38 bits per heavy atom. The number of ether oxygens (including phenoxy) is 3. The number of benzene rings is 1. The van der Waals surface area contributed by atoms with Crippen LogP contribution in [-0.2, 0) is 15.9 Å². The van der Waals surface area contributed by atoms with Gasteiger partial charge in [-0.3, -0.25) is 0 Å². The maximum atomic E-state index is 6.13. The third-order valence-corrected chi connectivity index (χ3v) is 4.21. The molecule has 5 heteroatoms. The highest BCUT2D eigenvalue weighted by Crippen LogP contribution is 2.35. The average molecular weight is 314 g/mol. The summed E-state index contributed by atoms with van der Waals surface area (Å²) in [6.07, 6.45) is 1.94. The third kappa shape index (κ3) is 4.58. The zero-order valence-electron chi connectivity index (χ0n) is 12.8. The summed E-state index contributed by atoms with van der Waals surface area (Å²) in [6.45, 7) is 4.06. The molecule has 2 rings (SSSR count). The fraction of sp³-hybridized carbons (Fsp3) is 0.625. The van der Waals surface area contributed by atoms with Crippen LogP contribution in [-0.4, -0.2) is 47.1 Å². The molecule has 1 heterocycles. The summed E-state index contributed by atoms with van der Waals surface area (Å²) in [5.74, 6) is 0.891. The molecule has 1 fully saturated rings. The summed E-state index contributed by atoms with van der Waals surface area (Å²) >= 11 is 6.13. The van der Waals surface area contributed by atoms with E-state index in [9.17, 15) is 0 Å². The van der Waals surface area contributed by atoms with E-state index in [0.29, 0.717) is 0 Å². The molecule has 1 unspecified atom stereocenters. The second-order valence-electron chi connectivity index (χ2n) is 5.61. The van der Waals surface area contributed by atoms with Crippen molar-refractivity contribution in [1.82, 2.24) is 5.32 Å². The van der Waals surface area contributed by atoms with Crippen LogP contribution >= 0.6 is 11.6 Å². The molecule has 0 spiro atoms. The molecule has 0 amide bonds. The van der Waals surface area contributed by atoms with Crippen LogP contribution in [0.5, 0.6) is 5.75 Å². The van der Waals surface area contributed by atoms with Crippen LogP contribution in [0.3, 0.4) is 0 Å². The van der Waals surface area contributed by atoms with Gasteiger partial charge in [0.25, 0.3) is 0 Å². The van der Waals surface area contributed by atoms with Crippen LogP contribution in [0.25, 0.3) is 0 Å². The highest BCUT2D eigenvalue weighted by atomic mass is 35.5. The van der Waals surface area contributed by atoms with Crippen molar-refractivity contribution >= 4 is 11.6 Å². The Morgan fingerprint density at radius 2 is 2.24 bits per heavy atom. The van der Waals surface area contributed by atoms with Gasteiger partial charge in [0, 0.05) is 37.2 Å². The van der Waals surface area contributed by atoms with Crippen LogP contribution in [0, 0.1) is 5.41 Å². The van der Waals surface area contributed by atoms with Gasteiger partial charge in [0.2, 0.25) is 0 Å². The molecule has 4 nitrogen and oxygen atoms in total. The van der Waals surface area contributed by atoms with Crippen molar-refractivity contribution in [3.8, 4) is 5.75 Å². The molecule has 0 bridgehead atoms. The largest absolute Gasteiger partial charge is 0.496 e. The van der Waals surface area contributed by atoms with Gasteiger partial charge in [0.1, 0.15) is 5.75 Å². The zero-order valence-corrected chi connectivity index (χ0v) is 13.5. The Hall–Kier alpha value is -0.810. The van der Waals surface area contributed by atoms with Gasteiger partial charge in [-0.15, -0.1) is 0 Å². The van der Waals surface area contributed by atoms with Crippen molar-refractivity contribution in [3.05, 3.63) is 28.8 Å². The molecule has 1 aromatic rings. The molecule has 0 saturated carbocycles.